The predicted octanol–water partition coefficient (Wildman–Crippen LogP) is 3.18. The highest BCUT2D eigenvalue weighted by Gasteiger charge is 2.41. The first-order valence-electron chi connectivity index (χ1n) is 12.0. The highest BCUT2D eigenvalue weighted by molar-refractivity contribution is 5.91. The molecule has 8 heteroatoms. The molecule has 1 rings (SSSR count). The van der Waals surface area contributed by atoms with E-state index < -0.39 is 34.9 Å². The van der Waals surface area contributed by atoms with Crippen LogP contribution in [0.1, 0.15) is 61.0 Å². The van der Waals surface area contributed by atoms with E-state index in [1.54, 1.807) is 26.2 Å². The summed E-state index contributed by atoms with van der Waals surface area (Å²) in [6.45, 7) is 15.0. The Morgan fingerprint density at radius 1 is 1.09 bits per heavy atom. The second kappa shape index (κ2) is 11.7. The zero-order valence-corrected chi connectivity index (χ0v) is 22.9. The number of nitrogens with two attached hydrogens (primary N) is 1. The Morgan fingerprint density at radius 3 is 2.09 bits per heavy atom. The van der Waals surface area contributed by atoms with Crippen LogP contribution in [-0.2, 0) is 19.8 Å². The van der Waals surface area contributed by atoms with Crippen molar-refractivity contribution in [3.63, 3.8) is 0 Å². The molecule has 1 aromatic rings. The molecule has 0 heterocycles. The first-order chi connectivity index (χ1) is 15.9. The third kappa shape index (κ3) is 7.56. The van der Waals surface area contributed by atoms with E-state index in [0.29, 0.717) is 5.69 Å². The number of carbonyl (C=O) groups excluding carboxylic acids is 2. The smallest absolute Gasteiger partial charge is 0.331 e. The summed E-state index contributed by atoms with van der Waals surface area (Å²) in [6.07, 6.45) is 1.59. The van der Waals surface area contributed by atoms with Crippen LogP contribution >= 0.6 is 0 Å². The number of nitrogen functional groups attached to an aromatic ring is 1. The van der Waals surface area contributed by atoms with Gasteiger partial charge in [0, 0.05) is 23.7 Å². The van der Waals surface area contributed by atoms with Gasteiger partial charge >= 0.3 is 5.97 Å². The van der Waals surface area contributed by atoms with Gasteiger partial charge in [-0.1, -0.05) is 66.7 Å². The third-order valence-electron chi connectivity index (χ3n) is 6.54. The van der Waals surface area contributed by atoms with E-state index in [-0.39, 0.29) is 23.3 Å². The van der Waals surface area contributed by atoms with Crippen LogP contribution in [0.2, 0.25) is 0 Å². The monoisotopic (exact) mass is 488 g/mol. The van der Waals surface area contributed by atoms with Crippen molar-refractivity contribution in [1.29, 1.82) is 0 Å². The van der Waals surface area contributed by atoms with Crippen molar-refractivity contribution in [2.24, 2.45) is 11.3 Å². The molecule has 2 amide bonds. The number of benzene rings is 1. The second-order valence-corrected chi connectivity index (χ2v) is 11.2. The van der Waals surface area contributed by atoms with E-state index in [1.807, 2.05) is 66.7 Å². The van der Waals surface area contributed by atoms with E-state index in [4.69, 9.17) is 5.73 Å². The number of carboxylic acid groups (broad SMARTS) is 1. The zero-order valence-electron chi connectivity index (χ0n) is 22.9. The van der Waals surface area contributed by atoms with Crippen LogP contribution in [0.3, 0.4) is 0 Å². The highest BCUT2D eigenvalue weighted by Crippen LogP contribution is 2.30. The molecule has 35 heavy (non-hydrogen) atoms. The van der Waals surface area contributed by atoms with Crippen LogP contribution in [-0.4, -0.2) is 60.0 Å². The Hall–Kier alpha value is -2.87. The van der Waals surface area contributed by atoms with Crippen LogP contribution in [0, 0.1) is 11.3 Å². The molecule has 0 fully saturated rings. The van der Waals surface area contributed by atoms with Gasteiger partial charge in [-0.15, -0.1) is 0 Å². The Balaban J connectivity index is 3.32. The number of carbonyl (C=O) groups is 3. The molecule has 8 nitrogen and oxygen atoms in total. The fraction of sp³-hybridized carbons (Fsp3) is 0.593. The summed E-state index contributed by atoms with van der Waals surface area (Å²) in [5.74, 6) is -1.64. The lowest BCUT2D eigenvalue weighted by Crippen LogP contribution is -2.61. The van der Waals surface area contributed by atoms with Crippen LogP contribution in [0.15, 0.2) is 35.9 Å². The van der Waals surface area contributed by atoms with Crippen molar-refractivity contribution in [2.75, 3.05) is 19.8 Å². The van der Waals surface area contributed by atoms with Crippen LogP contribution in [0.25, 0.3) is 0 Å². The van der Waals surface area contributed by atoms with Gasteiger partial charge in [0.1, 0.15) is 6.04 Å². The summed E-state index contributed by atoms with van der Waals surface area (Å²) in [5, 5.41) is 15.4. The molecule has 0 spiro atoms. The second-order valence-electron chi connectivity index (χ2n) is 11.2. The number of amides is 2. The SMILES string of the molecule is CN[C@H](C(=O)N[C@@H](C(=O)N(C)[C@H](/C=C(\C)C(=O)O)C(C)C)C(C)(C)C)C(C)(C)c1cccc(N)c1. The first-order valence-corrected chi connectivity index (χ1v) is 12.0. The molecule has 0 radical (unpaired) electrons. The number of nitrogens with one attached hydrogen (secondary N) is 2. The van der Waals surface area contributed by atoms with Crippen molar-refractivity contribution >= 4 is 23.5 Å². The summed E-state index contributed by atoms with van der Waals surface area (Å²) < 4.78 is 0. The van der Waals surface area contributed by atoms with Gasteiger partial charge in [0.05, 0.1) is 12.1 Å². The van der Waals surface area contributed by atoms with Crippen LogP contribution in [0.5, 0.6) is 0 Å². The van der Waals surface area contributed by atoms with Gasteiger partial charge in [0.25, 0.3) is 0 Å². The molecule has 0 saturated carbocycles. The fourth-order valence-corrected chi connectivity index (χ4v) is 4.23. The molecular formula is C27H44N4O4. The minimum atomic E-state index is -1.03. The number of rotatable bonds is 10. The summed E-state index contributed by atoms with van der Waals surface area (Å²) in [5.41, 5.74) is 6.45. The minimum absolute atomic E-state index is 0.0258. The number of likely N-dealkylation sites (N-methyl/N-ethyl adjacent to an activating group) is 2. The lowest BCUT2D eigenvalue weighted by atomic mass is 9.76. The highest BCUT2D eigenvalue weighted by atomic mass is 16.4. The van der Waals surface area contributed by atoms with E-state index in [2.05, 4.69) is 10.6 Å². The van der Waals surface area contributed by atoms with Crippen molar-refractivity contribution in [3.8, 4) is 0 Å². The fourth-order valence-electron chi connectivity index (χ4n) is 4.23. The third-order valence-corrected chi connectivity index (χ3v) is 6.54. The van der Waals surface area contributed by atoms with Crippen molar-refractivity contribution in [1.82, 2.24) is 15.5 Å². The molecule has 0 aliphatic rings. The molecule has 0 aliphatic carbocycles. The molecular weight excluding hydrogens is 444 g/mol. The number of hydrogen-bond acceptors (Lipinski definition) is 5. The molecule has 1 aromatic carbocycles. The van der Waals surface area contributed by atoms with Crippen molar-refractivity contribution < 1.29 is 19.5 Å². The van der Waals surface area contributed by atoms with Gasteiger partial charge in [-0.05, 0) is 43.0 Å². The van der Waals surface area contributed by atoms with Gasteiger partial charge in [0.15, 0.2) is 0 Å². The minimum Gasteiger partial charge on any atom is -0.478 e. The first kappa shape index (κ1) is 30.2. The Morgan fingerprint density at radius 2 is 1.66 bits per heavy atom. The standard InChI is InChI=1S/C27H44N4O4/c1-16(2)20(14-17(3)25(34)35)31(10)24(33)22(26(4,5)6)30-23(32)21(29-9)27(7,8)18-12-11-13-19(28)15-18/h11-16,20-22,29H,28H2,1-10H3,(H,30,32)(H,34,35)/b17-14+/t20-,21-,22+/m1/s1. The van der Waals surface area contributed by atoms with E-state index in [0.717, 1.165) is 5.56 Å². The van der Waals surface area contributed by atoms with Gasteiger partial charge in [-0.3, -0.25) is 9.59 Å². The average Bonchev–Trinajstić information content (AvgIpc) is 2.73. The molecule has 196 valence electrons. The summed E-state index contributed by atoms with van der Waals surface area (Å²) >= 11 is 0. The molecule has 0 aliphatic heterocycles. The maximum absolute atomic E-state index is 13.7. The predicted molar refractivity (Wildman–Crippen MR) is 141 cm³/mol. The number of aliphatic carboxylic acids is 1. The molecule has 0 saturated heterocycles. The zero-order chi connectivity index (χ0) is 27.3. The summed E-state index contributed by atoms with van der Waals surface area (Å²) in [4.78, 5) is 40.2. The summed E-state index contributed by atoms with van der Waals surface area (Å²) in [6, 6.07) is 5.52. The maximum atomic E-state index is 13.7. The van der Waals surface area contributed by atoms with Gasteiger partial charge in [0.2, 0.25) is 11.8 Å². The Kier molecular flexibility index (Phi) is 10.1. The molecule has 3 atom stereocenters. The van der Waals surface area contributed by atoms with Gasteiger partial charge in [-0.25, -0.2) is 4.79 Å². The largest absolute Gasteiger partial charge is 0.478 e. The van der Waals surface area contributed by atoms with Crippen LogP contribution in [0.4, 0.5) is 5.69 Å². The van der Waals surface area contributed by atoms with Gasteiger partial charge < -0.3 is 26.4 Å². The van der Waals surface area contributed by atoms with Crippen molar-refractivity contribution in [3.05, 3.63) is 41.5 Å². The van der Waals surface area contributed by atoms with Gasteiger partial charge in [-0.2, -0.15) is 0 Å². The quantitative estimate of drug-likeness (QED) is 0.296. The molecule has 0 bridgehead atoms. The number of anilines is 1. The van der Waals surface area contributed by atoms with Crippen LogP contribution < -0.4 is 16.4 Å². The lowest BCUT2D eigenvalue weighted by Gasteiger charge is -2.40. The van der Waals surface area contributed by atoms with Crippen molar-refractivity contribution in [2.45, 2.75) is 78.9 Å². The summed E-state index contributed by atoms with van der Waals surface area (Å²) in [7, 11) is 3.36. The molecule has 0 aromatic heterocycles. The van der Waals surface area contributed by atoms with E-state index in [9.17, 15) is 19.5 Å². The Bertz CT molecular complexity index is 947. The van der Waals surface area contributed by atoms with E-state index >= 15 is 0 Å². The molecule has 0 unspecified atom stereocenters. The number of hydrogen-bond donors (Lipinski definition) is 4. The normalized spacial score (nSPS) is 15.3. The average molecular weight is 489 g/mol. The lowest BCUT2D eigenvalue weighted by molar-refractivity contribution is -0.141. The molecule has 5 N–H and O–H groups in total. The number of nitrogens with zero attached hydrogens (tertiary/aromatic N) is 1. The number of carboxylic acids is 1. The topological polar surface area (TPSA) is 125 Å². The Labute approximate surface area is 210 Å². The maximum Gasteiger partial charge on any atom is 0.331 e. The van der Waals surface area contributed by atoms with E-state index in [1.165, 1.54) is 11.8 Å².